The van der Waals surface area contributed by atoms with Crippen LogP contribution >= 0.6 is 0 Å². The third kappa shape index (κ3) is 3.47. The number of esters is 1. The highest BCUT2D eigenvalue weighted by molar-refractivity contribution is 5.92. The number of hydrogen-bond donors (Lipinski definition) is 2. The minimum absolute atomic E-state index is 0.106. The fraction of sp³-hybridized carbons (Fsp3) is 0.500. The molecule has 0 aliphatic rings. The molecule has 0 spiro atoms. The molecule has 17 heavy (non-hydrogen) atoms. The van der Waals surface area contributed by atoms with Crippen molar-refractivity contribution in [3.05, 3.63) is 12.0 Å². The molecule has 0 radical (unpaired) electrons. The number of ether oxygens (including phenoxy) is 1. The van der Waals surface area contributed by atoms with E-state index in [1.165, 1.54) is 13.3 Å². The van der Waals surface area contributed by atoms with Crippen LogP contribution in [0.5, 0.6) is 0 Å². The second-order valence-electron chi connectivity index (χ2n) is 3.38. The Morgan fingerprint density at radius 3 is 2.88 bits per heavy atom. The van der Waals surface area contributed by atoms with E-state index in [9.17, 15) is 9.59 Å². The van der Waals surface area contributed by atoms with Crippen LogP contribution in [0.25, 0.3) is 0 Å². The lowest BCUT2D eigenvalue weighted by Gasteiger charge is -2.05. The van der Waals surface area contributed by atoms with E-state index in [4.69, 9.17) is 10.5 Å². The predicted octanol–water partition coefficient (Wildman–Crippen LogP) is -0.222. The molecule has 0 aliphatic heterocycles. The maximum Gasteiger partial charge on any atom is 0.360 e. The predicted molar refractivity (Wildman–Crippen MR) is 61.3 cm³/mol. The first-order valence-electron chi connectivity index (χ1n) is 5.28. The van der Waals surface area contributed by atoms with E-state index in [-0.39, 0.29) is 24.0 Å². The molecular weight excluding hydrogens is 224 g/mol. The number of nitrogens with zero attached hydrogens (tertiary/aromatic N) is 2. The van der Waals surface area contributed by atoms with Crippen molar-refractivity contribution in [3.8, 4) is 0 Å². The quantitative estimate of drug-likeness (QED) is 0.693. The van der Waals surface area contributed by atoms with Gasteiger partial charge >= 0.3 is 5.97 Å². The molecule has 1 rings (SSSR count). The summed E-state index contributed by atoms with van der Waals surface area (Å²) >= 11 is 0. The minimum Gasteiger partial charge on any atom is -0.461 e. The summed E-state index contributed by atoms with van der Waals surface area (Å²) in [6, 6.07) is 0. The fourth-order valence-electron chi connectivity index (χ4n) is 1.28. The van der Waals surface area contributed by atoms with Crippen molar-refractivity contribution in [2.75, 3.05) is 18.9 Å². The van der Waals surface area contributed by atoms with Gasteiger partial charge in [0.1, 0.15) is 5.82 Å². The Kier molecular flexibility index (Phi) is 4.50. The van der Waals surface area contributed by atoms with Gasteiger partial charge in [0.25, 0.3) is 0 Å². The number of hydrogen-bond acceptors (Lipinski definition) is 5. The van der Waals surface area contributed by atoms with Crippen LogP contribution in [0.15, 0.2) is 6.33 Å². The Morgan fingerprint density at radius 1 is 1.59 bits per heavy atom. The molecule has 0 bridgehead atoms. The Morgan fingerprint density at radius 2 is 2.29 bits per heavy atom. The summed E-state index contributed by atoms with van der Waals surface area (Å²) in [5.74, 6) is -0.411. The second kappa shape index (κ2) is 5.88. The smallest absolute Gasteiger partial charge is 0.360 e. The molecule has 0 saturated heterocycles. The molecule has 0 unspecified atom stereocenters. The molecule has 1 aromatic rings. The molecule has 1 aromatic heterocycles. The first kappa shape index (κ1) is 13.0. The molecule has 0 atom stereocenters. The van der Waals surface area contributed by atoms with Gasteiger partial charge < -0.3 is 20.4 Å². The van der Waals surface area contributed by atoms with Gasteiger partial charge in [0.05, 0.1) is 12.9 Å². The maximum atomic E-state index is 11.4. The lowest BCUT2D eigenvalue weighted by Crippen LogP contribution is -2.24. The molecule has 1 heterocycles. The molecule has 0 fully saturated rings. The van der Waals surface area contributed by atoms with E-state index < -0.39 is 5.97 Å². The van der Waals surface area contributed by atoms with Gasteiger partial charge in [-0.25, -0.2) is 9.78 Å². The van der Waals surface area contributed by atoms with Crippen molar-refractivity contribution >= 4 is 17.7 Å². The Bertz CT molecular complexity index is 414. The Balaban J connectivity index is 2.63. The highest BCUT2D eigenvalue weighted by atomic mass is 16.5. The number of rotatable bonds is 5. The van der Waals surface area contributed by atoms with Crippen molar-refractivity contribution < 1.29 is 14.3 Å². The zero-order valence-electron chi connectivity index (χ0n) is 9.90. The van der Waals surface area contributed by atoms with Crippen LogP contribution in [0.1, 0.15) is 24.3 Å². The van der Waals surface area contributed by atoms with E-state index in [0.29, 0.717) is 13.1 Å². The minimum atomic E-state index is -0.539. The Labute approximate surface area is 99.0 Å². The average molecular weight is 240 g/mol. The highest BCUT2D eigenvalue weighted by Crippen LogP contribution is 2.10. The van der Waals surface area contributed by atoms with Gasteiger partial charge in [0.2, 0.25) is 5.91 Å². The zero-order chi connectivity index (χ0) is 12.8. The van der Waals surface area contributed by atoms with E-state index >= 15 is 0 Å². The molecule has 1 amide bonds. The monoisotopic (exact) mass is 240 g/mol. The first-order valence-corrected chi connectivity index (χ1v) is 5.28. The SMILES string of the molecule is CCOC(=O)c1ncn(CCNC(C)=O)c1N. The number of imidazole rings is 1. The lowest BCUT2D eigenvalue weighted by atomic mass is 10.4. The standard InChI is InChI=1S/C10H16N4O3/c1-3-17-10(16)8-9(11)14(6-13-8)5-4-12-7(2)15/h6H,3-5,11H2,1-2H3,(H,12,15). The molecule has 7 nitrogen and oxygen atoms in total. The van der Waals surface area contributed by atoms with Crippen LogP contribution in [-0.4, -0.2) is 34.6 Å². The summed E-state index contributed by atoms with van der Waals surface area (Å²) in [6.45, 7) is 4.30. The third-order valence-electron chi connectivity index (χ3n) is 2.07. The van der Waals surface area contributed by atoms with Crippen molar-refractivity contribution in [1.82, 2.24) is 14.9 Å². The maximum absolute atomic E-state index is 11.4. The summed E-state index contributed by atoms with van der Waals surface area (Å²) in [7, 11) is 0. The van der Waals surface area contributed by atoms with E-state index in [2.05, 4.69) is 10.3 Å². The molecule has 0 aromatic carbocycles. The fourth-order valence-corrected chi connectivity index (χ4v) is 1.28. The lowest BCUT2D eigenvalue weighted by molar-refractivity contribution is -0.118. The molecular formula is C10H16N4O3. The molecule has 0 aliphatic carbocycles. The van der Waals surface area contributed by atoms with Gasteiger partial charge in [-0.2, -0.15) is 0 Å². The number of nitrogens with two attached hydrogens (primary N) is 1. The summed E-state index contributed by atoms with van der Waals surface area (Å²) in [5, 5.41) is 2.63. The van der Waals surface area contributed by atoms with Crippen LogP contribution in [0.2, 0.25) is 0 Å². The van der Waals surface area contributed by atoms with Crippen molar-refractivity contribution in [3.63, 3.8) is 0 Å². The molecule has 7 heteroatoms. The summed E-state index contributed by atoms with van der Waals surface area (Å²) in [5.41, 5.74) is 5.84. The summed E-state index contributed by atoms with van der Waals surface area (Å²) in [4.78, 5) is 26.0. The molecule has 94 valence electrons. The number of aromatic nitrogens is 2. The Hall–Kier alpha value is -2.05. The van der Waals surface area contributed by atoms with Crippen LogP contribution in [0.3, 0.4) is 0 Å². The van der Waals surface area contributed by atoms with Gasteiger partial charge in [-0.3, -0.25) is 4.79 Å². The zero-order valence-corrected chi connectivity index (χ0v) is 9.90. The van der Waals surface area contributed by atoms with Crippen LogP contribution < -0.4 is 11.1 Å². The highest BCUT2D eigenvalue weighted by Gasteiger charge is 2.16. The summed E-state index contributed by atoms with van der Waals surface area (Å²) in [6.07, 6.45) is 1.45. The van der Waals surface area contributed by atoms with Gasteiger partial charge in [-0.1, -0.05) is 0 Å². The molecule has 0 saturated carbocycles. The number of nitrogens with one attached hydrogen (secondary N) is 1. The van der Waals surface area contributed by atoms with E-state index in [1.54, 1.807) is 11.5 Å². The third-order valence-corrected chi connectivity index (χ3v) is 2.07. The van der Waals surface area contributed by atoms with Crippen molar-refractivity contribution in [1.29, 1.82) is 0 Å². The van der Waals surface area contributed by atoms with Gasteiger partial charge in [0.15, 0.2) is 5.69 Å². The van der Waals surface area contributed by atoms with Gasteiger partial charge in [-0.15, -0.1) is 0 Å². The van der Waals surface area contributed by atoms with E-state index in [1.807, 2.05) is 0 Å². The van der Waals surface area contributed by atoms with Gasteiger partial charge in [-0.05, 0) is 6.92 Å². The average Bonchev–Trinajstić information content (AvgIpc) is 2.60. The van der Waals surface area contributed by atoms with Crippen LogP contribution in [0.4, 0.5) is 5.82 Å². The number of nitrogen functional groups attached to an aromatic ring is 1. The topological polar surface area (TPSA) is 99.2 Å². The van der Waals surface area contributed by atoms with E-state index in [0.717, 1.165) is 0 Å². The molecule has 3 N–H and O–H groups in total. The largest absolute Gasteiger partial charge is 0.461 e. The number of carbonyl (C=O) groups is 2. The van der Waals surface area contributed by atoms with Crippen LogP contribution in [0, 0.1) is 0 Å². The number of anilines is 1. The normalized spacial score (nSPS) is 10.0. The number of amides is 1. The van der Waals surface area contributed by atoms with Crippen LogP contribution in [-0.2, 0) is 16.1 Å². The first-order chi connectivity index (χ1) is 8.06. The van der Waals surface area contributed by atoms with Crippen molar-refractivity contribution in [2.45, 2.75) is 20.4 Å². The number of carbonyl (C=O) groups excluding carboxylic acids is 2. The second-order valence-corrected chi connectivity index (χ2v) is 3.38. The van der Waals surface area contributed by atoms with Crippen molar-refractivity contribution in [2.24, 2.45) is 0 Å². The summed E-state index contributed by atoms with van der Waals surface area (Å²) < 4.78 is 6.39. The van der Waals surface area contributed by atoms with Gasteiger partial charge in [0, 0.05) is 20.0 Å².